The standard InChI is InChI=1S/C12H20FN2O14P3/c1-7-3-4-15(10(17)14-7)9-12(18,5-13)8(16)11(2,27-9)6-26-31(22,23)29-32(24,25)28-30(19,20)21/h3-4,8-9,16,18H,1,5-6H2,2H3,(H,14,17)(H,22,23)(H,24,25)(H2,19,20,21)/t8-,9+,11+,12?/m0/s1. The Labute approximate surface area is 179 Å². The van der Waals surface area contributed by atoms with Crippen LogP contribution in [-0.2, 0) is 31.6 Å². The number of halogens is 1. The molecule has 3 unspecified atom stereocenters. The molecule has 32 heavy (non-hydrogen) atoms. The Kier molecular flexibility index (Phi) is 7.62. The predicted octanol–water partition coefficient (Wildman–Crippen LogP) is -0.441. The molecule has 6 atom stereocenters. The van der Waals surface area contributed by atoms with Gasteiger partial charge in [0.05, 0.1) is 6.61 Å². The number of allylic oxidation sites excluding steroid dienone is 1. The van der Waals surface area contributed by atoms with Crippen molar-refractivity contribution in [3.05, 3.63) is 24.6 Å². The van der Waals surface area contributed by atoms with Crippen molar-refractivity contribution in [1.82, 2.24) is 10.2 Å². The molecule has 16 nitrogen and oxygen atoms in total. The minimum absolute atomic E-state index is 0.156. The molecule has 2 rings (SSSR count). The van der Waals surface area contributed by atoms with Crippen LogP contribution in [0.2, 0.25) is 0 Å². The van der Waals surface area contributed by atoms with E-state index in [-0.39, 0.29) is 5.70 Å². The first-order chi connectivity index (χ1) is 14.3. The summed E-state index contributed by atoms with van der Waals surface area (Å²) >= 11 is 0. The Balaban J connectivity index is 2.21. The van der Waals surface area contributed by atoms with Crippen molar-refractivity contribution in [2.75, 3.05) is 13.3 Å². The van der Waals surface area contributed by atoms with Crippen LogP contribution in [-0.4, -0.2) is 77.5 Å². The Morgan fingerprint density at radius 3 is 2.34 bits per heavy atom. The number of hydrogen-bond acceptors (Lipinski definition) is 10. The van der Waals surface area contributed by atoms with Crippen molar-refractivity contribution in [3.8, 4) is 0 Å². The molecule has 0 saturated carbocycles. The van der Waals surface area contributed by atoms with Crippen LogP contribution in [0.5, 0.6) is 0 Å². The molecule has 0 aromatic rings. The van der Waals surface area contributed by atoms with E-state index in [1.807, 2.05) is 0 Å². The van der Waals surface area contributed by atoms with Crippen molar-refractivity contribution < 1.29 is 70.5 Å². The summed E-state index contributed by atoms with van der Waals surface area (Å²) in [6, 6.07) is -0.918. The normalized spacial score (nSPS) is 34.8. The molecular formula is C12H20FN2O14P3. The summed E-state index contributed by atoms with van der Waals surface area (Å²) in [5.74, 6) is 0. The number of ether oxygens (including phenoxy) is 1. The SMILES string of the molecule is C=C1C=CN([C@@H]2O[C@](C)(COP(=O)(O)OP(=O)(O)OP(=O)(O)O)[C@H](O)C2(O)CF)C(=O)N1. The van der Waals surface area contributed by atoms with Gasteiger partial charge in [-0.2, -0.15) is 8.62 Å². The third-order valence-corrected chi connectivity index (χ3v) is 7.98. The van der Waals surface area contributed by atoms with Gasteiger partial charge in [-0.15, -0.1) is 0 Å². The van der Waals surface area contributed by atoms with Gasteiger partial charge >= 0.3 is 29.5 Å². The van der Waals surface area contributed by atoms with Crippen molar-refractivity contribution in [2.24, 2.45) is 0 Å². The summed E-state index contributed by atoms with van der Waals surface area (Å²) in [6.07, 6.45) is -1.74. The molecule has 0 aromatic heterocycles. The van der Waals surface area contributed by atoms with E-state index in [2.05, 4.69) is 25.0 Å². The van der Waals surface area contributed by atoms with Crippen molar-refractivity contribution in [3.63, 3.8) is 0 Å². The zero-order chi connectivity index (χ0) is 24.8. The van der Waals surface area contributed by atoms with E-state index in [4.69, 9.17) is 19.4 Å². The average Bonchev–Trinajstić information content (AvgIpc) is 2.80. The first-order valence-corrected chi connectivity index (χ1v) is 12.8. The first kappa shape index (κ1) is 27.2. The second-order valence-electron chi connectivity index (χ2n) is 6.85. The Morgan fingerprint density at radius 1 is 1.25 bits per heavy atom. The highest BCUT2D eigenvalue weighted by atomic mass is 31.3. The topological polar surface area (TPSA) is 242 Å². The highest BCUT2D eigenvalue weighted by Crippen LogP contribution is 2.66. The number of carbonyl (C=O) groups is 1. The number of carbonyl (C=O) groups excluding carboxylic acids is 1. The zero-order valence-corrected chi connectivity index (χ0v) is 18.7. The van der Waals surface area contributed by atoms with Crippen molar-refractivity contribution >= 4 is 29.5 Å². The Hall–Kier alpha value is -1.03. The van der Waals surface area contributed by atoms with Gasteiger partial charge in [-0.3, -0.25) is 9.42 Å². The molecule has 1 fully saturated rings. The molecule has 0 spiro atoms. The lowest BCUT2D eigenvalue weighted by atomic mass is 9.88. The van der Waals surface area contributed by atoms with Gasteiger partial charge < -0.3 is 39.8 Å². The lowest BCUT2D eigenvalue weighted by Crippen LogP contribution is -2.59. The van der Waals surface area contributed by atoms with Crippen LogP contribution in [0.25, 0.3) is 0 Å². The number of hydrogen-bond donors (Lipinski definition) is 7. The number of phosphoric ester groups is 1. The smallest absolute Gasteiger partial charge is 0.387 e. The van der Waals surface area contributed by atoms with Crippen LogP contribution in [0.1, 0.15) is 6.92 Å². The Morgan fingerprint density at radius 2 is 1.84 bits per heavy atom. The summed E-state index contributed by atoms with van der Waals surface area (Å²) in [7, 11) is -17.0. The van der Waals surface area contributed by atoms with Crippen LogP contribution in [0.15, 0.2) is 24.6 Å². The van der Waals surface area contributed by atoms with Gasteiger partial charge in [0.2, 0.25) is 0 Å². The number of amides is 2. The van der Waals surface area contributed by atoms with E-state index >= 15 is 0 Å². The molecular weight excluding hydrogens is 508 g/mol. The number of urea groups is 1. The predicted molar refractivity (Wildman–Crippen MR) is 98.7 cm³/mol. The maximum atomic E-state index is 13.7. The first-order valence-electron chi connectivity index (χ1n) is 8.23. The van der Waals surface area contributed by atoms with E-state index < -0.39 is 66.3 Å². The molecule has 20 heteroatoms. The summed E-state index contributed by atoms with van der Waals surface area (Å²) in [4.78, 5) is 48.5. The van der Waals surface area contributed by atoms with Gasteiger partial charge in [0, 0.05) is 11.9 Å². The van der Waals surface area contributed by atoms with Crippen LogP contribution in [0.4, 0.5) is 9.18 Å². The molecule has 2 aliphatic heterocycles. The second kappa shape index (κ2) is 8.96. The molecule has 7 N–H and O–H groups in total. The fourth-order valence-electron chi connectivity index (χ4n) is 2.81. The maximum absolute atomic E-state index is 13.7. The molecule has 2 aliphatic rings. The monoisotopic (exact) mass is 528 g/mol. The van der Waals surface area contributed by atoms with Crippen LogP contribution >= 0.6 is 23.5 Å². The number of alkyl halides is 1. The fourth-order valence-corrected chi connectivity index (χ4v) is 5.93. The van der Waals surface area contributed by atoms with Crippen LogP contribution in [0, 0.1) is 0 Å². The summed E-state index contributed by atoms with van der Waals surface area (Å²) in [5, 5.41) is 23.3. The molecule has 1 saturated heterocycles. The number of phosphoric acid groups is 3. The van der Waals surface area contributed by atoms with Crippen molar-refractivity contribution in [1.29, 1.82) is 0 Å². The highest BCUT2D eigenvalue weighted by Gasteiger charge is 2.64. The van der Waals surface area contributed by atoms with Gasteiger partial charge in [-0.05, 0) is 13.0 Å². The minimum atomic E-state index is -5.81. The van der Waals surface area contributed by atoms with Crippen molar-refractivity contribution in [2.45, 2.75) is 30.5 Å². The molecule has 0 radical (unpaired) electrons. The lowest BCUT2D eigenvalue weighted by molar-refractivity contribution is -0.134. The summed E-state index contributed by atoms with van der Waals surface area (Å²) in [5.41, 5.74) is -4.81. The third-order valence-electron chi connectivity index (χ3n) is 4.20. The van der Waals surface area contributed by atoms with Crippen LogP contribution < -0.4 is 5.32 Å². The molecule has 2 amide bonds. The quantitative estimate of drug-likeness (QED) is 0.188. The number of aliphatic hydroxyl groups is 2. The molecule has 0 aromatic carbocycles. The average molecular weight is 528 g/mol. The van der Waals surface area contributed by atoms with E-state index in [0.29, 0.717) is 4.90 Å². The van der Waals surface area contributed by atoms with Gasteiger partial charge in [0.1, 0.15) is 18.4 Å². The number of nitrogens with one attached hydrogen (secondary N) is 1. The van der Waals surface area contributed by atoms with E-state index in [0.717, 1.165) is 13.1 Å². The number of aliphatic hydroxyl groups excluding tert-OH is 1. The summed E-state index contributed by atoms with van der Waals surface area (Å²) < 4.78 is 64.5. The van der Waals surface area contributed by atoms with Gasteiger partial charge in [-0.25, -0.2) is 22.9 Å². The summed E-state index contributed by atoms with van der Waals surface area (Å²) in [6.45, 7) is 1.59. The lowest BCUT2D eigenvalue weighted by Gasteiger charge is -2.35. The molecule has 0 bridgehead atoms. The number of rotatable bonds is 9. The van der Waals surface area contributed by atoms with E-state index in [9.17, 15) is 38.0 Å². The third kappa shape index (κ3) is 6.10. The van der Waals surface area contributed by atoms with E-state index in [1.54, 1.807) is 0 Å². The minimum Gasteiger partial charge on any atom is -0.387 e. The fraction of sp³-hybridized carbons (Fsp3) is 0.583. The largest absolute Gasteiger partial charge is 0.490 e. The molecule has 184 valence electrons. The Bertz CT molecular complexity index is 955. The molecule has 0 aliphatic carbocycles. The van der Waals surface area contributed by atoms with Gasteiger partial charge in [-0.1, -0.05) is 6.58 Å². The second-order valence-corrected chi connectivity index (χ2v) is 11.3. The van der Waals surface area contributed by atoms with Crippen LogP contribution in [0.3, 0.4) is 0 Å². The highest BCUT2D eigenvalue weighted by molar-refractivity contribution is 7.66. The zero-order valence-electron chi connectivity index (χ0n) is 16.0. The van der Waals surface area contributed by atoms with E-state index in [1.165, 1.54) is 6.08 Å². The number of nitrogens with zero attached hydrogens (tertiary/aromatic N) is 1. The van der Waals surface area contributed by atoms with Gasteiger partial charge in [0.25, 0.3) is 0 Å². The molecule has 2 heterocycles. The maximum Gasteiger partial charge on any atom is 0.490 e. The van der Waals surface area contributed by atoms with Gasteiger partial charge in [0.15, 0.2) is 11.8 Å².